The molecule has 1 aromatic heterocycles. The average Bonchev–Trinajstić information content (AvgIpc) is 3.06. The molecule has 6 nitrogen and oxygen atoms in total. The highest BCUT2D eigenvalue weighted by molar-refractivity contribution is 4.95. The molecule has 0 radical (unpaired) electrons. The van der Waals surface area contributed by atoms with E-state index in [1.165, 1.54) is 25.9 Å². The average molecular weight is 322 g/mol. The molecular weight excluding hydrogens is 292 g/mol. The summed E-state index contributed by atoms with van der Waals surface area (Å²) in [7, 11) is 0. The van der Waals surface area contributed by atoms with Crippen molar-refractivity contribution in [2.45, 2.75) is 51.5 Å². The first-order chi connectivity index (χ1) is 11.2. The number of aromatic nitrogens is 2. The fourth-order valence-corrected chi connectivity index (χ4v) is 3.53. The zero-order valence-electron chi connectivity index (χ0n) is 14.2. The van der Waals surface area contributed by atoms with Gasteiger partial charge in [0.25, 0.3) is 0 Å². The quantitative estimate of drug-likeness (QED) is 0.865. The van der Waals surface area contributed by atoms with Crippen molar-refractivity contribution in [3.05, 3.63) is 11.7 Å². The molecule has 0 saturated carbocycles. The molecule has 2 fully saturated rings. The van der Waals surface area contributed by atoms with Gasteiger partial charge in [0.15, 0.2) is 5.82 Å². The van der Waals surface area contributed by atoms with Gasteiger partial charge in [0, 0.05) is 19.6 Å². The first-order valence-corrected chi connectivity index (χ1v) is 9.10. The lowest BCUT2D eigenvalue weighted by molar-refractivity contribution is 0.0546. The number of nitrogens with zero attached hydrogens (tertiary/aromatic N) is 3. The van der Waals surface area contributed by atoms with Crippen LogP contribution in [-0.2, 0) is 11.2 Å². The molecule has 2 N–H and O–H groups in total. The summed E-state index contributed by atoms with van der Waals surface area (Å²) in [6.45, 7) is 7.50. The Bertz CT molecular complexity index is 465. The summed E-state index contributed by atoms with van der Waals surface area (Å²) in [5.74, 6) is 2.68. The third-order valence-corrected chi connectivity index (χ3v) is 5.29. The SMILES string of the molecule is CC1CCN(CCCc2noc([C@H](N)C3CCOCC3)n2)CC1. The molecular formula is C17H30N4O2. The van der Waals surface area contributed by atoms with Crippen LogP contribution in [0.1, 0.15) is 56.8 Å². The molecule has 2 saturated heterocycles. The number of hydrogen-bond acceptors (Lipinski definition) is 6. The van der Waals surface area contributed by atoms with Crippen molar-refractivity contribution < 1.29 is 9.26 Å². The topological polar surface area (TPSA) is 77.4 Å². The number of hydrogen-bond donors (Lipinski definition) is 1. The van der Waals surface area contributed by atoms with Gasteiger partial charge in [-0.3, -0.25) is 0 Å². The van der Waals surface area contributed by atoms with E-state index in [1.807, 2.05) is 0 Å². The number of nitrogens with two attached hydrogens (primary N) is 1. The van der Waals surface area contributed by atoms with Gasteiger partial charge < -0.3 is 19.9 Å². The molecule has 130 valence electrons. The van der Waals surface area contributed by atoms with Gasteiger partial charge in [-0.05, 0) is 63.6 Å². The highest BCUT2D eigenvalue weighted by Gasteiger charge is 2.26. The van der Waals surface area contributed by atoms with Crippen molar-refractivity contribution in [2.24, 2.45) is 17.6 Å². The molecule has 3 heterocycles. The smallest absolute Gasteiger partial charge is 0.243 e. The van der Waals surface area contributed by atoms with E-state index in [4.69, 9.17) is 15.0 Å². The molecule has 0 unspecified atom stereocenters. The van der Waals surface area contributed by atoms with Gasteiger partial charge in [-0.15, -0.1) is 0 Å². The first-order valence-electron chi connectivity index (χ1n) is 9.10. The summed E-state index contributed by atoms with van der Waals surface area (Å²) >= 11 is 0. The highest BCUT2D eigenvalue weighted by atomic mass is 16.5. The molecule has 0 aliphatic carbocycles. The van der Waals surface area contributed by atoms with E-state index in [0.29, 0.717) is 11.8 Å². The van der Waals surface area contributed by atoms with Crippen LogP contribution < -0.4 is 5.73 Å². The third-order valence-electron chi connectivity index (χ3n) is 5.29. The van der Waals surface area contributed by atoms with Crippen molar-refractivity contribution in [2.75, 3.05) is 32.8 Å². The van der Waals surface area contributed by atoms with Gasteiger partial charge in [0.05, 0.1) is 6.04 Å². The highest BCUT2D eigenvalue weighted by Crippen LogP contribution is 2.27. The van der Waals surface area contributed by atoms with Crippen LogP contribution in [0.25, 0.3) is 0 Å². The number of ether oxygens (including phenoxy) is 1. The molecule has 0 amide bonds. The van der Waals surface area contributed by atoms with Crippen LogP contribution in [0, 0.1) is 11.8 Å². The molecule has 2 aliphatic rings. The predicted molar refractivity (Wildman–Crippen MR) is 87.9 cm³/mol. The van der Waals surface area contributed by atoms with E-state index < -0.39 is 0 Å². The Morgan fingerprint density at radius 2 is 1.96 bits per heavy atom. The maximum absolute atomic E-state index is 6.28. The Balaban J connectivity index is 1.42. The van der Waals surface area contributed by atoms with Gasteiger partial charge in [0.2, 0.25) is 5.89 Å². The maximum atomic E-state index is 6.28. The minimum atomic E-state index is -0.149. The van der Waals surface area contributed by atoms with E-state index >= 15 is 0 Å². The molecule has 0 bridgehead atoms. The number of piperidine rings is 1. The monoisotopic (exact) mass is 322 g/mol. The first kappa shape index (κ1) is 16.9. The summed E-state index contributed by atoms with van der Waals surface area (Å²) < 4.78 is 10.8. The Morgan fingerprint density at radius 1 is 1.22 bits per heavy atom. The minimum absolute atomic E-state index is 0.149. The Kier molecular flexibility index (Phi) is 6.02. The Hall–Kier alpha value is -0.980. The zero-order chi connectivity index (χ0) is 16.1. The van der Waals surface area contributed by atoms with E-state index in [1.54, 1.807) is 0 Å². The minimum Gasteiger partial charge on any atom is -0.381 e. The van der Waals surface area contributed by atoms with Gasteiger partial charge in [-0.25, -0.2) is 0 Å². The lowest BCUT2D eigenvalue weighted by Gasteiger charge is -2.29. The molecule has 0 spiro atoms. The molecule has 0 aromatic carbocycles. The van der Waals surface area contributed by atoms with E-state index in [0.717, 1.165) is 57.2 Å². The second kappa shape index (κ2) is 8.22. The lowest BCUT2D eigenvalue weighted by Crippen LogP contribution is -2.33. The maximum Gasteiger partial charge on any atom is 0.243 e. The standard InChI is InChI=1S/C17H30N4O2/c1-13-4-9-21(10-5-13)8-2-3-15-19-17(23-20-15)16(18)14-6-11-22-12-7-14/h13-14,16H,2-12,18H2,1H3/t16-/m1/s1. The molecule has 1 aromatic rings. The second-order valence-corrected chi connectivity index (χ2v) is 7.15. The van der Waals surface area contributed by atoms with Crippen LogP contribution in [0.3, 0.4) is 0 Å². The van der Waals surface area contributed by atoms with E-state index in [9.17, 15) is 0 Å². The zero-order valence-corrected chi connectivity index (χ0v) is 14.2. The fraction of sp³-hybridized carbons (Fsp3) is 0.882. The van der Waals surface area contributed by atoms with Crippen LogP contribution in [-0.4, -0.2) is 47.9 Å². The van der Waals surface area contributed by atoms with Gasteiger partial charge in [0.1, 0.15) is 0 Å². The number of rotatable bonds is 6. The molecule has 1 atom stereocenters. The van der Waals surface area contributed by atoms with Crippen molar-refractivity contribution in [3.63, 3.8) is 0 Å². The molecule has 2 aliphatic heterocycles. The molecule has 6 heteroatoms. The summed E-state index contributed by atoms with van der Waals surface area (Å²) in [5.41, 5.74) is 6.28. The summed E-state index contributed by atoms with van der Waals surface area (Å²) in [6, 6.07) is -0.149. The van der Waals surface area contributed by atoms with Gasteiger partial charge >= 0.3 is 0 Å². The fourth-order valence-electron chi connectivity index (χ4n) is 3.53. The second-order valence-electron chi connectivity index (χ2n) is 7.15. The van der Waals surface area contributed by atoms with Crippen molar-refractivity contribution in [3.8, 4) is 0 Å². The van der Waals surface area contributed by atoms with Gasteiger partial charge in [-0.1, -0.05) is 12.1 Å². The van der Waals surface area contributed by atoms with Crippen LogP contribution in [0.5, 0.6) is 0 Å². The van der Waals surface area contributed by atoms with Crippen molar-refractivity contribution in [1.29, 1.82) is 0 Å². The molecule has 3 rings (SSSR count). The normalized spacial score (nSPS) is 23.2. The van der Waals surface area contributed by atoms with Crippen molar-refractivity contribution in [1.82, 2.24) is 15.0 Å². The summed E-state index contributed by atoms with van der Waals surface area (Å²) in [6.07, 6.45) is 6.56. The lowest BCUT2D eigenvalue weighted by atomic mass is 9.92. The third kappa shape index (κ3) is 4.75. The van der Waals surface area contributed by atoms with Crippen LogP contribution in [0.15, 0.2) is 4.52 Å². The Morgan fingerprint density at radius 3 is 2.70 bits per heavy atom. The summed E-state index contributed by atoms with van der Waals surface area (Å²) in [5, 5.41) is 4.11. The van der Waals surface area contributed by atoms with Crippen molar-refractivity contribution >= 4 is 0 Å². The molecule has 23 heavy (non-hydrogen) atoms. The number of likely N-dealkylation sites (tertiary alicyclic amines) is 1. The summed E-state index contributed by atoms with van der Waals surface area (Å²) in [4.78, 5) is 7.07. The Labute approximate surface area is 138 Å². The van der Waals surface area contributed by atoms with Crippen LogP contribution >= 0.6 is 0 Å². The van der Waals surface area contributed by atoms with Gasteiger partial charge in [-0.2, -0.15) is 4.98 Å². The largest absolute Gasteiger partial charge is 0.381 e. The van der Waals surface area contributed by atoms with E-state index in [2.05, 4.69) is 22.0 Å². The predicted octanol–water partition coefficient (Wildman–Crippen LogP) is 2.16. The van der Waals surface area contributed by atoms with E-state index in [-0.39, 0.29) is 6.04 Å². The van der Waals surface area contributed by atoms with Crippen LogP contribution in [0.2, 0.25) is 0 Å². The number of aryl methyl sites for hydroxylation is 1. The van der Waals surface area contributed by atoms with Crippen LogP contribution in [0.4, 0.5) is 0 Å².